The highest BCUT2D eigenvalue weighted by Crippen LogP contribution is 2.28. The molecule has 0 radical (unpaired) electrons. The molecule has 4 amide bonds. The van der Waals surface area contributed by atoms with E-state index < -0.39 is 12.1 Å². The number of imide groups is 1. The Morgan fingerprint density at radius 3 is 2.41 bits per heavy atom. The van der Waals surface area contributed by atoms with E-state index >= 15 is 0 Å². The van der Waals surface area contributed by atoms with Crippen LogP contribution in [-0.4, -0.2) is 78.3 Å². The van der Waals surface area contributed by atoms with Crippen molar-refractivity contribution in [3.8, 4) is 11.8 Å². The summed E-state index contributed by atoms with van der Waals surface area (Å²) >= 11 is 0. The van der Waals surface area contributed by atoms with Crippen molar-refractivity contribution in [2.45, 2.75) is 25.8 Å². The largest absolute Gasteiger partial charge is 0.491 e. The molecule has 10 nitrogen and oxygen atoms in total. The molecule has 172 valence electrons. The monoisotopic (exact) mass is 443 g/mol. The summed E-state index contributed by atoms with van der Waals surface area (Å²) < 4.78 is 5.75. The van der Waals surface area contributed by atoms with Crippen molar-refractivity contribution in [1.82, 2.24) is 20.4 Å². The van der Waals surface area contributed by atoms with E-state index in [1.165, 1.54) is 0 Å². The molecule has 32 heavy (non-hydrogen) atoms. The highest BCUT2D eigenvalue weighted by Gasteiger charge is 2.36. The maximum atomic E-state index is 12.3. The molecule has 0 aromatic heterocycles. The Bertz CT molecular complexity index is 854. The van der Waals surface area contributed by atoms with Crippen LogP contribution in [0.1, 0.15) is 25.3 Å². The molecule has 0 saturated carbocycles. The molecule has 2 bridgehead atoms. The summed E-state index contributed by atoms with van der Waals surface area (Å²) in [5.41, 5.74) is 0.527. The summed E-state index contributed by atoms with van der Waals surface area (Å²) in [6, 6.07) is 7.95. The summed E-state index contributed by atoms with van der Waals surface area (Å²) in [4.78, 5) is 39.0. The van der Waals surface area contributed by atoms with Crippen molar-refractivity contribution >= 4 is 18.0 Å². The number of nitrogens with one attached hydrogen (secondary N) is 2. The average Bonchev–Trinajstić information content (AvgIpc) is 2.76. The number of hydrogen-bond donors (Lipinski definition) is 3. The quantitative estimate of drug-likeness (QED) is 0.581. The van der Waals surface area contributed by atoms with Gasteiger partial charge in [-0.05, 0) is 42.5 Å². The highest BCUT2D eigenvalue weighted by atomic mass is 16.5. The van der Waals surface area contributed by atoms with Gasteiger partial charge in [0.15, 0.2) is 0 Å². The lowest BCUT2D eigenvalue weighted by molar-refractivity contribution is -0.120. The van der Waals surface area contributed by atoms with Crippen LogP contribution in [0.4, 0.5) is 9.59 Å². The zero-order valence-electron chi connectivity index (χ0n) is 18.1. The van der Waals surface area contributed by atoms with Gasteiger partial charge in [0.1, 0.15) is 12.4 Å². The number of nitriles is 1. The molecule has 2 heterocycles. The molecule has 2 fully saturated rings. The zero-order valence-corrected chi connectivity index (χ0v) is 18.1. The number of carbonyl (C=O) groups is 3. The second-order valence-electron chi connectivity index (χ2n) is 8.39. The topological polar surface area (TPSA) is 135 Å². The van der Waals surface area contributed by atoms with Crippen LogP contribution < -0.4 is 15.4 Å². The Balaban J connectivity index is 1.54. The number of nitrogens with zero attached hydrogens (tertiary/aromatic N) is 3. The first-order chi connectivity index (χ1) is 15.4. The van der Waals surface area contributed by atoms with Crippen molar-refractivity contribution in [3.63, 3.8) is 0 Å². The Morgan fingerprint density at radius 2 is 1.84 bits per heavy atom. The SMILES string of the molecule is CCC(=O)NC(=O)N1CC2CC(CN(C[C@H](COc3ccc(C#N)cc3)NC(=O)O)C2)C1. The molecule has 2 unspecified atom stereocenters. The Kier molecular flexibility index (Phi) is 7.89. The fourth-order valence-electron chi connectivity index (χ4n) is 4.44. The molecule has 0 spiro atoms. The number of likely N-dealkylation sites (tertiary alicyclic amines) is 2. The molecule has 3 atom stereocenters. The number of rotatable bonds is 7. The maximum Gasteiger partial charge on any atom is 0.405 e. The predicted octanol–water partition coefficient (Wildman–Crippen LogP) is 1.47. The number of carbonyl (C=O) groups excluding carboxylic acids is 2. The lowest BCUT2D eigenvalue weighted by Gasteiger charge is -2.46. The van der Waals surface area contributed by atoms with Crippen molar-refractivity contribution in [2.24, 2.45) is 11.8 Å². The first-order valence-corrected chi connectivity index (χ1v) is 10.8. The molecule has 2 aliphatic rings. The van der Waals surface area contributed by atoms with Crippen molar-refractivity contribution in [3.05, 3.63) is 29.8 Å². The zero-order chi connectivity index (χ0) is 23.1. The molecule has 3 rings (SSSR count). The summed E-state index contributed by atoms with van der Waals surface area (Å²) in [5, 5.41) is 23.1. The summed E-state index contributed by atoms with van der Waals surface area (Å²) in [6.07, 6.45) is 0.169. The number of fused-ring (bicyclic) bond motifs is 2. The number of amides is 4. The van der Waals surface area contributed by atoms with Crippen LogP contribution in [0.3, 0.4) is 0 Å². The first kappa shape index (κ1) is 23.3. The second kappa shape index (κ2) is 10.8. The molecule has 0 aliphatic carbocycles. The number of benzene rings is 1. The Hall–Kier alpha value is -3.32. The lowest BCUT2D eigenvalue weighted by atomic mass is 9.84. The van der Waals surface area contributed by atoms with Gasteiger partial charge in [-0.15, -0.1) is 0 Å². The van der Waals surface area contributed by atoms with E-state index in [4.69, 9.17) is 10.00 Å². The first-order valence-electron chi connectivity index (χ1n) is 10.8. The van der Waals surface area contributed by atoms with E-state index in [0.717, 1.165) is 19.5 Å². The molecular weight excluding hydrogens is 414 g/mol. The third-order valence-electron chi connectivity index (χ3n) is 5.75. The van der Waals surface area contributed by atoms with Gasteiger partial charge in [0.05, 0.1) is 17.7 Å². The van der Waals surface area contributed by atoms with E-state index in [-0.39, 0.29) is 36.8 Å². The normalized spacial score (nSPS) is 21.2. The van der Waals surface area contributed by atoms with Crippen LogP contribution in [0.5, 0.6) is 5.75 Å². The average molecular weight is 444 g/mol. The fourth-order valence-corrected chi connectivity index (χ4v) is 4.44. The Morgan fingerprint density at radius 1 is 1.19 bits per heavy atom. The van der Waals surface area contributed by atoms with Crippen LogP contribution in [0, 0.1) is 23.2 Å². The number of hydrogen-bond acceptors (Lipinski definition) is 6. The van der Waals surface area contributed by atoms with Crippen molar-refractivity contribution in [1.29, 1.82) is 5.26 Å². The van der Waals surface area contributed by atoms with Crippen LogP contribution in [-0.2, 0) is 4.79 Å². The molecule has 1 aromatic carbocycles. The molecule has 10 heteroatoms. The summed E-state index contributed by atoms with van der Waals surface area (Å²) in [7, 11) is 0. The van der Waals surface area contributed by atoms with E-state index in [2.05, 4.69) is 15.5 Å². The van der Waals surface area contributed by atoms with Crippen LogP contribution in [0.25, 0.3) is 0 Å². The van der Waals surface area contributed by atoms with E-state index in [1.54, 1.807) is 36.1 Å². The van der Waals surface area contributed by atoms with Gasteiger partial charge < -0.3 is 25.0 Å². The smallest absolute Gasteiger partial charge is 0.405 e. The van der Waals surface area contributed by atoms with E-state index in [0.29, 0.717) is 30.9 Å². The molecule has 1 aromatic rings. The van der Waals surface area contributed by atoms with Crippen LogP contribution >= 0.6 is 0 Å². The minimum absolute atomic E-state index is 0.164. The molecular formula is C22H29N5O5. The molecule has 2 saturated heterocycles. The standard InChI is InChI=1S/C22H29N5O5/c1-2-20(28)25-21(29)27-11-16-7-17(12-27)10-26(9-16)13-18(24-22(30)31)14-32-19-5-3-15(8-23)4-6-19/h3-6,16-18,24H,2,7,9-14H2,1H3,(H,30,31)(H,25,28,29)/t16?,17?,18-/m1/s1. The third kappa shape index (κ3) is 6.59. The van der Waals surface area contributed by atoms with Gasteiger partial charge in [0.2, 0.25) is 5.91 Å². The summed E-state index contributed by atoms with van der Waals surface area (Å²) in [5.74, 6) is 0.835. The van der Waals surface area contributed by atoms with E-state index in [9.17, 15) is 19.5 Å². The minimum atomic E-state index is -1.11. The van der Waals surface area contributed by atoms with Gasteiger partial charge in [-0.2, -0.15) is 5.26 Å². The van der Waals surface area contributed by atoms with Crippen molar-refractivity contribution < 1.29 is 24.2 Å². The lowest BCUT2D eigenvalue weighted by Crippen LogP contribution is -2.58. The Labute approximate surface area is 187 Å². The highest BCUT2D eigenvalue weighted by molar-refractivity contribution is 5.94. The van der Waals surface area contributed by atoms with Gasteiger partial charge in [0.25, 0.3) is 0 Å². The van der Waals surface area contributed by atoms with Gasteiger partial charge >= 0.3 is 12.1 Å². The van der Waals surface area contributed by atoms with Gasteiger partial charge in [-0.3, -0.25) is 10.1 Å². The third-order valence-corrected chi connectivity index (χ3v) is 5.75. The summed E-state index contributed by atoms with van der Waals surface area (Å²) in [6.45, 7) is 5.02. The van der Waals surface area contributed by atoms with E-state index in [1.807, 2.05) is 6.07 Å². The second-order valence-corrected chi connectivity index (χ2v) is 8.39. The van der Waals surface area contributed by atoms with Crippen LogP contribution in [0.2, 0.25) is 0 Å². The van der Waals surface area contributed by atoms with Gasteiger partial charge in [0, 0.05) is 39.1 Å². The number of ether oxygens (including phenoxy) is 1. The van der Waals surface area contributed by atoms with Crippen LogP contribution in [0.15, 0.2) is 24.3 Å². The molecule has 3 N–H and O–H groups in total. The maximum absolute atomic E-state index is 12.3. The minimum Gasteiger partial charge on any atom is -0.491 e. The molecule has 2 aliphatic heterocycles. The predicted molar refractivity (Wildman–Crippen MR) is 115 cm³/mol. The number of carboxylic acid groups (broad SMARTS) is 1. The van der Waals surface area contributed by atoms with Gasteiger partial charge in [-0.1, -0.05) is 6.92 Å². The van der Waals surface area contributed by atoms with Crippen molar-refractivity contribution in [2.75, 3.05) is 39.3 Å². The number of piperidine rings is 2. The van der Waals surface area contributed by atoms with Gasteiger partial charge in [-0.25, -0.2) is 9.59 Å². The fraction of sp³-hybridized carbons (Fsp3) is 0.545. The number of urea groups is 1.